The maximum atomic E-state index is 14.3. The minimum Gasteiger partial charge on any atom is -0.455 e. The molecule has 0 aliphatic carbocycles. The van der Waals surface area contributed by atoms with E-state index in [4.69, 9.17) is 10.1 Å². The molecule has 47 heavy (non-hydrogen) atoms. The quantitative estimate of drug-likeness (QED) is 0.154. The molecule has 3 aromatic heterocycles. The van der Waals surface area contributed by atoms with Gasteiger partial charge in [-0.15, -0.1) is 0 Å². The number of aryl methyl sites for hydroxylation is 1. The SMILES string of the molecule is CC(C)n1cc(C(=O)Nc2ccc(Oc3cc(-c4cn(C)cn4)cnc3CC=N)c(C(F)(F)F)c2)c(=O)n(-c2ccc(F)cc2)c1=O. The van der Waals surface area contributed by atoms with Crippen molar-refractivity contribution in [2.24, 2.45) is 7.05 Å². The van der Waals surface area contributed by atoms with Gasteiger partial charge in [-0.2, -0.15) is 13.2 Å². The number of carbonyl (C=O) groups excluding carboxylic acids is 1. The summed E-state index contributed by atoms with van der Waals surface area (Å²) in [6.07, 6.45) is 1.82. The second-order valence-corrected chi connectivity index (χ2v) is 10.7. The summed E-state index contributed by atoms with van der Waals surface area (Å²) in [5.41, 5.74) is -2.75. The molecule has 0 aliphatic heterocycles. The third kappa shape index (κ3) is 6.88. The monoisotopic (exact) mass is 649 g/mol. The van der Waals surface area contributed by atoms with Crippen LogP contribution in [-0.2, 0) is 19.6 Å². The van der Waals surface area contributed by atoms with Crippen molar-refractivity contribution in [1.29, 1.82) is 5.41 Å². The summed E-state index contributed by atoms with van der Waals surface area (Å²) in [7, 11) is 1.75. The van der Waals surface area contributed by atoms with E-state index in [0.29, 0.717) is 21.9 Å². The molecule has 242 valence electrons. The molecule has 2 aromatic carbocycles. The van der Waals surface area contributed by atoms with Gasteiger partial charge in [0.2, 0.25) is 0 Å². The molecule has 0 radical (unpaired) electrons. The van der Waals surface area contributed by atoms with Gasteiger partial charge in [-0.05, 0) is 62.4 Å². The molecule has 3 heterocycles. The Labute approximate surface area is 264 Å². The topological polar surface area (TPSA) is 137 Å². The van der Waals surface area contributed by atoms with E-state index < -0.39 is 52.1 Å². The lowest BCUT2D eigenvalue weighted by atomic mass is 10.1. The number of pyridine rings is 1. The van der Waals surface area contributed by atoms with Crippen LogP contribution in [0.5, 0.6) is 11.5 Å². The molecule has 0 unspecified atom stereocenters. The van der Waals surface area contributed by atoms with Crippen molar-refractivity contribution >= 4 is 17.8 Å². The van der Waals surface area contributed by atoms with Crippen molar-refractivity contribution in [3.05, 3.63) is 117 Å². The second-order valence-electron chi connectivity index (χ2n) is 10.7. The van der Waals surface area contributed by atoms with Crippen LogP contribution < -0.4 is 21.3 Å². The van der Waals surface area contributed by atoms with Gasteiger partial charge in [0.1, 0.15) is 28.4 Å². The minimum absolute atomic E-state index is 0.00435. The number of hydrogen-bond donors (Lipinski definition) is 2. The van der Waals surface area contributed by atoms with Crippen LogP contribution in [0, 0.1) is 11.2 Å². The molecule has 2 N–H and O–H groups in total. The van der Waals surface area contributed by atoms with Crippen LogP contribution in [-0.4, -0.2) is 35.8 Å². The standard InChI is InChI=1S/C32H27F4N7O4/c1-18(2)42-15-23(30(45)43(31(42)46)22-7-4-20(33)5-8-22)29(44)40-21-6-9-27(24(13-21)32(34,35)36)47-28-12-19(14-38-25(28)10-11-37)26-16-41(3)17-39-26/h4-9,11-18,37H,10H2,1-3H3,(H,40,44). The molecular formula is C32H27F4N7O4. The normalized spacial score (nSPS) is 11.5. The van der Waals surface area contributed by atoms with Crippen LogP contribution in [0.3, 0.4) is 0 Å². The molecule has 0 saturated carbocycles. The number of amides is 1. The van der Waals surface area contributed by atoms with Crippen LogP contribution in [0.4, 0.5) is 23.2 Å². The van der Waals surface area contributed by atoms with Crippen LogP contribution >= 0.6 is 0 Å². The van der Waals surface area contributed by atoms with Crippen molar-refractivity contribution in [1.82, 2.24) is 23.7 Å². The summed E-state index contributed by atoms with van der Waals surface area (Å²) in [6, 6.07) is 8.22. The zero-order valence-corrected chi connectivity index (χ0v) is 25.2. The molecule has 5 rings (SSSR count). The molecule has 0 bridgehead atoms. The third-order valence-corrected chi connectivity index (χ3v) is 6.99. The summed E-state index contributed by atoms with van der Waals surface area (Å²) in [5.74, 6) is -2.33. The number of hydrogen-bond acceptors (Lipinski definition) is 7. The van der Waals surface area contributed by atoms with Gasteiger partial charge < -0.3 is 20.0 Å². The number of nitrogens with zero attached hydrogens (tertiary/aromatic N) is 5. The average molecular weight is 650 g/mol. The summed E-state index contributed by atoms with van der Waals surface area (Å²) < 4.78 is 65.7. The van der Waals surface area contributed by atoms with E-state index in [0.717, 1.165) is 41.2 Å². The Morgan fingerprint density at radius 2 is 1.77 bits per heavy atom. The minimum atomic E-state index is -4.94. The van der Waals surface area contributed by atoms with E-state index in [1.54, 1.807) is 38.0 Å². The highest BCUT2D eigenvalue weighted by Crippen LogP contribution is 2.41. The number of benzene rings is 2. The van der Waals surface area contributed by atoms with Gasteiger partial charge in [-0.3, -0.25) is 19.1 Å². The number of aromatic nitrogens is 5. The molecule has 0 saturated heterocycles. The maximum absolute atomic E-state index is 14.3. The number of halogens is 4. The fraction of sp³-hybridized carbons (Fsp3) is 0.188. The Morgan fingerprint density at radius 1 is 1.04 bits per heavy atom. The first-order chi connectivity index (χ1) is 22.3. The molecule has 15 heteroatoms. The third-order valence-electron chi connectivity index (χ3n) is 6.99. The molecule has 0 atom stereocenters. The number of anilines is 1. The van der Waals surface area contributed by atoms with Gasteiger partial charge in [0.15, 0.2) is 0 Å². The number of alkyl halides is 3. The molecule has 5 aromatic rings. The first-order valence-corrected chi connectivity index (χ1v) is 14.1. The number of carbonyl (C=O) groups is 1. The highest BCUT2D eigenvalue weighted by molar-refractivity contribution is 6.04. The fourth-order valence-corrected chi connectivity index (χ4v) is 4.66. The van der Waals surface area contributed by atoms with Crippen LogP contribution in [0.2, 0.25) is 0 Å². The van der Waals surface area contributed by atoms with Gasteiger partial charge >= 0.3 is 11.9 Å². The Kier molecular flexibility index (Phi) is 8.90. The van der Waals surface area contributed by atoms with Gasteiger partial charge in [0.05, 0.1) is 23.4 Å². The molecule has 0 aliphatic rings. The molecular weight excluding hydrogens is 622 g/mol. The highest BCUT2D eigenvalue weighted by atomic mass is 19.4. The van der Waals surface area contributed by atoms with E-state index in [9.17, 15) is 31.9 Å². The lowest BCUT2D eigenvalue weighted by Crippen LogP contribution is -2.42. The summed E-state index contributed by atoms with van der Waals surface area (Å²) in [4.78, 5) is 48.3. The summed E-state index contributed by atoms with van der Waals surface area (Å²) in [5, 5.41) is 9.77. The van der Waals surface area contributed by atoms with Crippen molar-refractivity contribution in [3.63, 3.8) is 0 Å². The Balaban J connectivity index is 1.52. The maximum Gasteiger partial charge on any atom is 0.420 e. The van der Waals surface area contributed by atoms with Crippen LogP contribution in [0.25, 0.3) is 16.9 Å². The largest absolute Gasteiger partial charge is 0.455 e. The zero-order chi connectivity index (χ0) is 34.0. The number of imidazole rings is 1. The molecule has 1 amide bonds. The van der Waals surface area contributed by atoms with Gasteiger partial charge in [0.25, 0.3) is 11.5 Å². The Hall–Kier alpha value is -5.86. The highest BCUT2D eigenvalue weighted by Gasteiger charge is 2.35. The van der Waals surface area contributed by atoms with E-state index in [-0.39, 0.29) is 29.2 Å². The smallest absolute Gasteiger partial charge is 0.420 e. The number of ether oxygens (including phenoxy) is 1. The van der Waals surface area contributed by atoms with Crippen LogP contribution in [0.15, 0.2) is 83.0 Å². The first kappa shape index (κ1) is 32.5. The fourth-order valence-electron chi connectivity index (χ4n) is 4.66. The van der Waals surface area contributed by atoms with E-state index in [1.807, 2.05) is 0 Å². The van der Waals surface area contributed by atoms with E-state index in [1.165, 1.54) is 24.4 Å². The summed E-state index contributed by atoms with van der Waals surface area (Å²) in [6.45, 7) is 3.26. The van der Waals surface area contributed by atoms with E-state index >= 15 is 0 Å². The van der Waals surface area contributed by atoms with E-state index in [2.05, 4.69) is 15.3 Å². The molecule has 11 nitrogen and oxygen atoms in total. The first-order valence-electron chi connectivity index (χ1n) is 14.1. The Bertz CT molecular complexity index is 2100. The number of rotatable bonds is 9. The van der Waals surface area contributed by atoms with Gasteiger partial charge in [-0.25, -0.2) is 18.7 Å². The van der Waals surface area contributed by atoms with Crippen molar-refractivity contribution in [3.8, 4) is 28.4 Å². The molecule has 0 fully saturated rings. The lowest BCUT2D eigenvalue weighted by molar-refractivity contribution is -0.138. The van der Waals surface area contributed by atoms with Crippen LogP contribution in [0.1, 0.15) is 41.5 Å². The van der Waals surface area contributed by atoms with Gasteiger partial charge in [0, 0.05) is 55.6 Å². The second kappa shape index (κ2) is 12.9. The lowest BCUT2D eigenvalue weighted by Gasteiger charge is -2.18. The predicted molar refractivity (Wildman–Crippen MR) is 165 cm³/mol. The van der Waals surface area contributed by atoms with Gasteiger partial charge in [-0.1, -0.05) is 0 Å². The Morgan fingerprint density at radius 3 is 2.38 bits per heavy atom. The summed E-state index contributed by atoms with van der Waals surface area (Å²) >= 11 is 0. The van der Waals surface area contributed by atoms with Crippen molar-refractivity contribution in [2.45, 2.75) is 32.5 Å². The number of nitrogens with one attached hydrogen (secondary N) is 2. The predicted octanol–water partition coefficient (Wildman–Crippen LogP) is 5.77. The average Bonchev–Trinajstić information content (AvgIpc) is 3.45. The molecule has 0 spiro atoms. The van der Waals surface area contributed by atoms with Crippen molar-refractivity contribution in [2.75, 3.05) is 5.32 Å². The van der Waals surface area contributed by atoms with Crippen molar-refractivity contribution < 1.29 is 27.1 Å². The zero-order valence-electron chi connectivity index (χ0n) is 25.2.